The van der Waals surface area contributed by atoms with E-state index in [-0.39, 0.29) is 23.3 Å². The van der Waals surface area contributed by atoms with E-state index in [0.717, 1.165) is 12.8 Å². The Morgan fingerprint density at radius 1 is 1.42 bits per heavy atom. The summed E-state index contributed by atoms with van der Waals surface area (Å²) in [7, 11) is 1.51. The van der Waals surface area contributed by atoms with Crippen LogP contribution in [-0.2, 0) is 20.3 Å². The van der Waals surface area contributed by atoms with Gasteiger partial charge >= 0.3 is 0 Å². The van der Waals surface area contributed by atoms with E-state index in [1.54, 1.807) is 4.57 Å². The molecule has 1 aliphatic heterocycles. The second-order valence-electron chi connectivity index (χ2n) is 5.30. The van der Waals surface area contributed by atoms with Crippen LogP contribution >= 0.6 is 10.7 Å². The van der Waals surface area contributed by atoms with Gasteiger partial charge in [-0.3, -0.25) is 4.57 Å². The summed E-state index contributed by atoms with van der Waals surface area (Å²) >= 11 is 0. The lowest BCUT2D eigenvalue weighted by atomic mass is 10.2. The SMILES string of the molecule is CC(C)Cn1c(C2CCC(C)O2)nnc1S(=O)(=O)Cl. The third kappa shape index (κ3) is 3.27. The number of rotatable bonds is 4. The summed E-state index contributed by atoms with van der Waals surface area (Å²) in [5.41, 5.74) is 0. The number of hydrogen-bond donors (Lipinski definition) is 0. The predicted molar refractivity (Wildman–Crippen MR) is 70.4 cm³/mol. The van der Waals surface area contributed by atoms with Gasteiger partial charge in [-0.25, -0.2) is 8.42 Å². The summed E-state index contributed by atoms with van der Waals surface area (Å²) < 4.78 is 30.4. The van der Waals surface area contributed by atoms with Gasteiger partial charge in [0.1, 0.15) is 6.10 Å². The smallest absolute Gasteiger partial charge is 0.296 e. The standard InChI is InChI=1S/C11H18ClN3O3S/c1-7(2)6-15-10(9-5-4-8(3)18-9)13-14-11(15)19(12,16)17/h7-9H,4-6H2,1-3H3. The second kappa shape index (κ2) is 5.38. The predicted octanol–water partition coefficient (Wildman–Crippen LogP) is 2.10. The third-order valence-corrected chi connectivity index (χ3v) is 4.18. The van der Waals surface area contributed by atoms with Gasteiger partial charge in [0, 0.05) is 17.2 Å². The first kappa shape index (κ1) is 14.7. The maximum Gasteiger partial charge on any atom is 0.296 e. The van der Waals surface area contributed by atoms with Crippen LogP contribution < -0.4 is 0 Å². The van der Waals surface area contributed by atoms with Gasteiger partial charge in [0.25, 0.3) is 14.2 Å². The maximum absolute atomic E-state index is 11.5. The fraction of sp³-hybridized carbons (Fsp3) is 0.818. The van der Waals surface area contributed by atoms with Gasteiger partial charge in [-0.1, -0.05) is 13.8 Å². The van der Waals surface area contributed by atoms with Crippen LogP contribution in [0, 0.1) is 5.92 Å². The van der Waals surface area contributed by atoms with Crippen LogP contribution in [0.4, 0.5) is 0 Å². The molecule has 0 saturated carbocycles. The number of aromatic nitrogens is 3. The van der Waals surface area contributed by atoms with E-state index in [9.17, 15) is 8.42 Å². The summed E-state index contributed by atoms with van der Waals surface area (Å²) in [6.07, 6.45) is 1.71. The lowest BCUT2D eigenvalue weighted by Crippen LogP contribution is -2.16. The Morgan fingerprint density at radius 2 is 2.11 bits per heavy atom. The molecule has 2 heterocycles. The molecule has 0 aliphatic carbocycles. The fourth-order valence-corrected chi connectivity index (χ4v) is 3.16. The molecule has 0 N–H and O–H groups in total. The summed E-state index contributed by atoms with van der Waals surface area (Å²) in [5, 5.41) is 7.51. The highest BCUT2D eigenvalue weighted by molar-refractivity contribution is 8.13. The minimum atomic E-state index is -3.90. The van der Waals surface area contributed by atoms with E-state index in [1.165, 1.54) is 0 Å². The number of hydrogen-bond acceptors (Lipinski definition) is 5. The van der Waals surface area contributed by atoms with Crippen molar-refractivity contribution in [2.45, 2.75) is 57.5 Å². The number of ether oxygens (including phenoxy) is 1. The van der Waals surface area contributed by atoms with Gasteiger partial charge in [0.2, 0.25) is 0 Å². The van der Waals surface area contributed by atoms with Gasteiger partial charge in [-0.15, -0.1) is 10.2 Å². The van der Waals surface area contributed by atoms with E-state index >= 15 is 0 Å². The topological polar surface area (TPSA) is 74.1 Å². The van der Waals surface area contributed by atoms with Gasteiger partial charge in [0.05, 0.1) is 6.10 Å². The van der Waals surface area contributed by atoms with Crippen molar-refractivity contribution >= 4 is 19.7 Å². The van der Waals surface area contributed by atoms with Crippen LogP contribution in [0.15, 0.2) is 5.16 Å². The van der Waals surface area contributed by atoms with Crippen molar-refractivity contribution in [3.8, 4) is 0 Å². The van der Waals surface area contributed by atoms with Crippen molar-refractivity contribution in [2.75, 3.05) is 0 Å². The number of nitrogens with zero attached hydrogens (tertiary/aromatic N) is 3. The molecule has 1 aromatic heterocycles. The zero-order valence-electron chi connectivity index (χ0n) is 11.2. The van der Waals surface area contributed by atoms with Crippen LogP contribution in [-0.4, -0.2) is 29.3 Å². The molecular weight excluding hydrogens is 290 g/mol. The summed E-state index contributed by atoms with van der Waals surface area (Å²) in [4.78, 5) is 0. The monoisotopic (exact) mass is 307 g/mol. The molecule has 1 fully saturated rings. The van der Waals surface area contributed by atoms with Crippen LogP contribution in [0.2, 0.25) is 0 Å². The van der Waals surface area contributed by atoms with Gasteiger partial charge < -0.3 is 4.74 Å². The Morgan fingerprint density at radius 3 is 2.58 bits per heavy atom. The van der Waals surface area contributed by atoms with Crippen LogP contribution in [0.3, 0.4) is 0 Å². The fourth-order valence-electron chi connectivity index (χ4n) is 2.25. The highest BCUT2D eigenvalue weighted by atomic mass is 35.7. The first-order valence-electron chi connectivity index (χ1n) is 6.32. The van der Waals surface area contributed by atoms with E-state index in [1.807, 2.05) is 20.8 Å². The van der Waals surface area contributed by atoms with E-state index in [4.69, 9.17) is 15.4 Å². The molecule has 0 bridgehead atoms. The first-order chi connectivity index (χ1) is 8.79. The molecule has 1 aliphatic rings. The Balaban J connectivity index is 2.41. The average molecular weight is 308 g/mol. The van der Waals surface area contributed by atoms with Crippen molar-refractivity contribution in [3.63, 3.8) is 0 Å². The Labute approximate surface area is 117 Å². The van der Waals surface area contributed by atoms with Crippen molar-refractivity contribution < 1.29 is 13.2 Å². The minimum Gasteiger partial charge on any atom is -0.367 e. The normalized spacial score (nSPS) is 24.3. The summed E-state index contributed by atoms with van der Waals surface area (Å²) in [6.45, 7) is 6.47. The van der Waals surface area contributed by atoms with E-state index in [0.29, 0.717) is 12.4 Å². The van der Waals surface area contributed by atoms with Crippen molar-refractivity contribution in [2.24, 2.45) is 5.92 Å². The molecular formula is C11H18ClN3O3S. The molecule has 0 spiro atoms. The molecule has 1 saturated heterocycles. The zero-order chi connectivity index (χ0) is 14.2. The molecule has 2 unspecified atom stereocenters. The van der Waals surface area contributed by atoms with E-state index in [2.05, 4.69) is 10.2 Å². The zero-order valence-corrected chi connectivity index (χ0v) is 12.8. The molecule has 19 heavy (non-hydrogen) atoms. The lowest BCUT2D eigenvalue weighted by Gasteiger charge is -2.15. The Bertz CT molecular complexity index is 556. The number of halogens is 1. The van der Waals surface area contributed by atoms with Crippen molar-refractivity contribution in [1.29, 1.82) is 0 Å². The molecule has 0 radical (unpaired) electrons. The Hall–Kier alpha value is -0.660. The highest BCUT2D eigenvalue weighted by Crippen LogP contribution is 2.32. The molecule has 0 aromatic carbocycles. The minimum absolute atomic E-state index is 0.158. The van der Waals surface area contributed by atoms with Crippen LogP contribution in [0.1, 0.15) is 45.5 Å². The summed E-state index contributed by atoms with van der Waals surface area (Å²) in [6, 6.07) is 0. The third-order valence-electron chi connectivity index (χ3n) is 3.03. The van der Waals surface area contributed by atoms with Crippen molar-refractivity contribution in [3.05, 3.63) is 5.82 Å². The maximum atomic E-state index is 11.5. The van der Waals surface area contributed by atoms with Gasteiger partial charge in [-0.2, -0.15) is 0 Å². The molecule has 2 rings (SSSR count). The molecule has 108 valence electrons. The quantitative estimate of drug-likeness (QED) is 0.796. The molecule has 1 aromatic rings. The molecule has 8 heteroatoms. The molecule has 6 nitrogen and oxygen atoms in total. The summed E-state index contributed by atoms with van der Waals surface area (Å²) in [5.74, 6) is 0.808. The first-order valence-corrected chi connectivity index (χ1v) is 8.63. The van der Waals surface area contributed by atoms with Crippen LogP contribution in [0.5, 0.6) is 0 Å². The lowest BCUT2D eigenvalue weighted by molar-refractivity contribution is 0.0472. The average Bonchev–Trinajstić information content (AvgIpc) is 2.82. The van der Waals surface area contributed by atoms with Gasteiger partial charge in [-0.05, 0) is 25.7 Å². The van der Waals surface area contributed by atoms with Crippen molar-refractivity contribution in [1.82, 2.24) is 14.8 Å². The Kier molecular flexibility index (Phi) is 4.17. The second-order valence-corrected chi connectivity index (χ2v) is 7.76. The van der Waals surface area contributed by atoms with Crippen LogP contribution in [0.25, 0.3) is 0 Å². The molecule has 0 amide bonds. The van der Waals surface area contributed by atoms with Gasteiger partial charge in [0.15, 0.2) is 5.82 Å². The largest absolute Gasteiger partial charge is 0.367 e. The molecule has 2 atom stereocenters. The highest BCUT2D eigenvalue weighted by Gasteiger charge is 2.31. The van der Waals surface area contributed by atoms with E-state index < -0.39 is 9.05 Å².